The fourth-order valence-corrected chi connectivity index (χ4v) is 3.53. The first-order valence-corrected chi connectivity index (χ1v) is 7.95. The Labute approximate surface area is 117 Å². The highest BCUT2D eigenvalue weighted by molar-refractivity contribution is 5.14. The van der Waals surface area contributed by atoms with Crippen molar-refractivity contribution in [3.63, 3.8) is 0 Å². The molecular formula is C16H29N3. The largest absolute Gasteiger partial charge is 0.319 e. The van der Waals surface area contributed by atoms with E-state index in [0.29, 0.717) is 5.92 Å². The third-order valence-electron chi connectivity index (χ3n) is 4.68. The van der Waals surface area contributed by atoms with E-state index in [1.165, 1.54) is 31.2 Å². The van der Waals surface area contributed by atoms with E-state index in [9.17, 15) is 0 Å². The third kappa shape index (κ3) is 3.59. The zero-order valence-electron chi connectivity index (χ0n) is 12.7. The predicted molar refractivity (Wildman–Crippen MR) is 80.3 cm³/mol. The molecule has 0 saturated heterocycles. The predicted octanol–water partition coefficient (Wildman–Crippen LogP) is 3.42. The number of hydrogen-bond acceptors (Lipinski definition) is 2. The van der Waals surface area contributed by atoms with E-state index in [4.69, 9.17) is 0 Å². The van der Waals surface area contributed by atoms with E-state index in [1.807, 2.05) is 0 Å². The Balaban J connectivity index is 2.10. The van der Waals surface area contributed by atoms with Crippen LogP contribution in [0.5, 0.6) is 0 Å². The lowest BCUT2D eigenvalue weighted by atomic mass is 9.71. The fourth-order valence-electron chi connectivity index (χ4n) is 3.53. The molecule has 1 heterocycles. The van der Waals surface area contributed by atoms with Crippen LogP contribution in [0, 0.1) is 11.8 Å². The number of nitrogens with one attached hydrogen (secondary N) is 1. The normalized spacial score (nSPS) is 27.6. The van der Waals surface area contributed by atoms with Crippen molar-refractivity contribution in [2.45, 2.75) is 58.4 Å². The molecule has 3 nitrogen and oxygen atoms in total. The number of nitrogens with zero attached hydrogens (tertiary/aromatic N) is 2. The summed E-state index contributed by atoms with van der Waals surface area (Å²) in [5.41, 5.74) is 1.46. The van der Waals surface area contributed by atoms with E-state index in [2.05, 4.69) is 48.4 Å². The van der Waals surface area contributed by atoms with E-state index >= 15 is 0 Å². The van der Waals surface area contributed by atoms with Crippen LogP contribution in [0.3, 0.4) is 0 Å². The first kappa shape index (κ1) is 14.6. The fraction of sp³-hybridized carbons (Fsp3) is 0.812. The molecule has 0 radical (unpaired) electrons. The molecule has 1 aromatic rings. The van der Waals surface area contributed by atoms with Gasteiger partial charge in [-0.2, -0.15) is 5.10 Å². The van der Waals surface area contributed by atoms with Crippen LogP contribution >= 0.6 is 0 Å². The van der Waals surface area contributed by atoms with Gasteiger partial charge in [0.15, 0.2) is 0 Å². The summed E-state index contributed by atoms with van der Waals surface area (Å²) in [5, 5.41) is 7.90. The van der Waals surface area contributed by atoms with Crippen molar-refractivity contribution >= 4 is 0 Å². The van der Waals surface area contributed by atoms with Gasteiger partial charge in [-0.15, -0.1) is 0 Å². The zero-order chi connectivity index (χ0) is 13.7. The molecule has 0 bridgehead atoms. The average Bonchev–Trinajstić information content (AvgIpc) is 2.88. The molecule has 1 fully saturated rings. The summed E-state index contributed by atoms with van der Waals surface area (Å²) in [5.74, 6) is 2.40. The van der Waals surface area contributed by atoms with Crippen molar-refractivity contribution in [2.24, 2.45) is 11.8 Å². The van der Waals surface area contributed by atoms with Crippen molar-refractivity contribution in [3.05, 3.63) is 18.0 Å². The van der Waals surface area contributed by atoms with Crippen molar-refractivity contribution in [3.8, 4) is 0 Å². The molecule has 3 unspecified atom stereocenters. The minimum Gasteiger partial charge on any atom is -0.319 e. The van der Waals surface area contributed by atoms with E-state index in [1.54, 1.807) is 0 Å². The van der Waals surface area contributed by atoms with Gasteiger partial charge >= 0.3 is 0 Å². The van der Waals surface area contributed by atoms with Gasteiger partial charge in [-0.25, -0.2) is 0 Å². The maximum absolute atomic E-state index is 4.52. The third-order valence-corrected chi connectivity index (χ3v) is 4.68. The van der Waals surface area contributed by atoms with Crippen molar-refractivity contribution in [1.29, 1.82) is 0 Å². The number of aromatic nitrogens is 2. The Bertz CT molecular complexity index is 372. The molecule has 108 valence electrons. The summed E-state index contributed by atoms with van der Waals surface area (Å²) in [6, 6.07) is 0. The van der Waals surface area contributed by atoms with Gasteiger partial charge in [-0.3, -0.25) is 4.68 Å². The van der Waals surface area contributed by atoms with E-state index in [0.717, 1.165) is 31.3 Å². The Morgan fingerprint density at radius 3 is 2.89 bits per heavy atom. The minimum absolute atomic E-state index is 0.705. The van der Waals surface area contributed by atoms with Gasteiger partial charge in [0.05, 0.1) is 6.20 Å². The molecule has 1 saturated carbocycles. The quantitative estimate of drug-likeness (QED) is 0.852. The summed E-state index contributed by atoms with van der Waals surface area (Å²) >= 11 is 0. The smallest absolute Gasteiger partial charge is 0.0524 e. The van der Waals surface area contributed by atoms with Gasteiger partial charge in [-0.1, -0.05) is 26.7 Å². The maximum atomic E-state index is 4.52. The highest BCUT2D eigenvalue weighted by Gasteiger charge is 2.31. The number of aryl methyl sites for hydroxylation is 1. The monoisotopic (exact) mass is 263 g/mol. The van der Waals surface area contributed by atoms with Gasteiger partial charge in [0.1, 0.15) is 0 Å². The zero-order valence-corrected chi connectivity index (χ0v) is 12.7. The SMILES string of the molecule is CCCn1cc(C2CC(CC)CCC2CNC)cn1. The van der Waals surface area contributed by atoms with Crippen LogP contribution in [-0.2, 0) is 6.54 Å². The Hall–Kier alpha value is -0.830. The summed E-state index contributed by atoms with van der Waals surface area (Å²) < 4.78 is 2.11. The highest BCUT2D eigenvalue weighted by atomic mass is 15.3. The second-order valence-electron chi connectivity index (χ2n) is 6.05. The van der Waals surface area contributed by atoms with Crippen LogP contribution in [0.1, 0.15) is 57.4 Å². The number of rotatable bonds is 6. The van der Waals surface area contributed by atoms with Crippen LogP contribution in [0.2, 0.25) is 0 Å². The lowest BCUT2D eigenvalue weighted by molar-refractivity contribution is 0.228. The van der Waals surface area contributed by atoms with Gasteiger partial charge in [-0.05, 0) is 56.2 Å². The van der Waals surface area contributed by atoms with Gasteiger partial charge in [0, 0.05) is 12.7 Å². The molecule has 1 N–H and O–H groups in total. The molecule has 3 atom stereocenters. The van der Waals surface area contributed by atoms with Crippen molar-refractivity contribution < 1.29 is 0 Å². The van der Waals surface area contributed by atoms with Gasteiger partial charge in [0.25, 0.3) is 0 Å². The molecule has 1 aromatic heterocycles. The summed E-state index contributed by atoms with van der Waals surface area (Å²) in [4.78, 5) is 0. The Morgan fingerprint density at radius 2 is 2.21 bits per heavy atom. The topological polar surface area (TPSA) is 29.9 Å². The molecule has 1 aliphatic carbocycles. The van der Waals surface area contributed by atoms with E-state index < -0.39 is 0 Å². The van der Waals surface area contributed by atoms with Gasteiger partial charge < -0.3 is 5.32 Å². The second-order valence-corrected chi connectivity index (χ2v) is 6.05. The maximum Gasteiger partial charge on any atom is 0.0524 e. The summed E-state index contributed by atoms with van der Waals surface area (Å²) in [6.07, 6.45) is 11.0. The van der Waals surface area contributed by atoms with Crippen LogP contribution in [-0.4, -0.2) is 23.4 Å². The summed E-state index contributed by atoms with van der Waals surface area (Å²) in [6.45, 7) is 6.72. The van der Waals surface area contributed by atoms with Crippen molar-refractivity contribution in [1.82, 2.24) is 15.1 Å². The Morgan fingerprint density at radius 1 is 1.37 bits per heavy atom. The molecular weight excluding hydrogens is 234 g/mol. The van der Waals surface area contributed by atoms with Crippen molar-refractivity contribution in [2.75, 3.05) is 13.6 Å². The molecule has 1 aliphatic rings. The molecule has 0 spiro atoms. The van der Waals surface area contributed by atoms with Crippen LogP contribution < -0.4 is 5.32 Å². The van der Waals surface area contributed by atoms with Crippen LogP contribution in [0.4, 0.5) is 0 Å². The first-order chi connectivity index (χ1) is 9.28. The molecule has 3 heteroatoms. The first-order valence-electron chi connectivity index (χ1n) is 7.95. The van der Waals surface area contributed by atoms with Gasteiger partial charge in [0.2, 0.25) is 0 Å². The molecule has 0 aromatic carbocycles. The number of hydrogen-bond donors (Lipinski definition) is 1. The molecule has 0 aliphatic heterocycles. The highest BCUT2D eigenvalue weighted by Crippen LogP contribution is 2.41. The lowest BCUT2D eigenvalue weighted by Crippen LogP contribution is -2.30. The second kappa shape index (κ2) is 7.09. The molecule has 0 amide bonds. The van der Waals surface area contributed by atoms with E-state index in [-0.39, 0.29) is 0 Å². The van der Waals surface area contributed by atoms with Crippen LogP contribution in [0.15, 0.2) is 12.4 Å². The molecule has 19 heavy (non-hydrogen) atoms. The lowest BCUT2D eigenvalue weighted by Gasteiger charge is -2.35. The summed E-state index contributed by atoms with van der Waals surface area (Å²) in [7, 11) is 2.07. The minimum atomic E-state index is 0.705. The average molecular weight is 263 g/mol. The molecule has 2 rings (SSSR count). The standard InChI is InChI=1S/C16H29N3/c1-4-8-19-12-15(11-18-19)16-9-13(5-2)6-7-14(16)10-17-3/h11-14,16-17H,4-10H2,1-3H3. The Kier molecular flexibility index (Phi) is 5.44. The van der Waals surface area contributed by atoms with Crippen LogP contribution in [0.25, 0.3) is 0 Å².